The van der Waals surface area contributed by atoms with Crippen LogP contribution in [0, 0.1) is 13.5 Å². The van der Waals surface area contributed by atoms with Crippen LogP contribution >= 0.6 is 0 Å². The molecule has 0 bridgehead atoms. The lowest BCUT2D eigenvalue weighted by Gasteiger charge is -2.21. The van der Waals surface area contributed by atoms with Crippen molar-refractivity contribution in [3.63, 3.8) is 0 Å². The summed E-state index contributed by atoms with van der Waals surface area (Å²) in [5.41, 5.74) is 1.10. The molecule has 1 saturated heterocycles. The monoisotopic (exact) mass is 293 g/mol. The molecule has 1 aliphatic heterocycles. The molecule has 5 nitrogen and oxygen atoms in total. The van der Waals surface area contributed by atoms with Crippen LogP contribution in [0.5, 0.6) is 0 Å². The van der Waals surface area contributed by atoms with E-state index in [0.717, 1.165) is 6.42 Å². The van der Waals surface area contributed by atoms with Crippen LogP contribution < -0.4 is 0 Å². The number of hydrogen-bond donors (Lipinski definition) is 0. The van der Waals surface area contributed by atoms with Crippen LogP contribution in [-0.4, -0.2) is 50.8 Å². The summed E-state index contributed by atoms with van der Waals surface area (Å²) in [4.78, 5) is 5.69. The van der Waals surface area contributed by atoms with Crippen molar-refractivity contribution in [3.8, 4) is 0 Å². The Hall–Kier alpha value is -1.42. The fraction of sp³-hybridized carbons (Fsp3) is 0.500. The highest BCUT2D eigenvalue weighted by atomic mass is 32.2. The first-order valence-corrected chi connectivity index (χ1v) is 7.95. The number of rotatable bonds is 3. The Kier molecular flexibility index (Phi) is 4.14. The molecular formula is C14H19N3O2S. The maximum Gasteiger partial charge on any atom is 0.243 e. The second-order valence-electron chi connectivity index (χ2n) is 5.33. The van der Waals surface area contributed by atoms with Gasteiger partial charge in [0, 0.05) is 19.1 Å². The minimum Gasteiger partial charge on any atom is -0.305 e. The highest BCUT2D eigenvalue weighted by Gasteiger charge is 2.33. The second-order valence-corrected chi connectivity index (χ2v) is 7.24. The summed E-state index contributed by atoms with van der Waals surface area (Å²) in [6, 6.07) is 5.00. The maximum absolute atomic E-state index is 12.7. The van der Waals surface area contributed by atoms with Gasteiger partial charge in [-0.25, -0.2) is 13.3 Å². The lowest BCUT2D eigenvalue weighted by atomic mass is 10.2. The van der Waals surface area contributed by atoms with Crippen molar-refractivity contribution in [3.05, 3.63) is 35.2 Å². The first kappa shape index (κ1) is 15.0. The Morgan fingerprint density at radius 1 is 1.40 bits per heavy atom. The van der Waals surface area contributed by atoms with Gasteiger partial charge in [0.05, 0.1) is 11.5 Å². The Morgan fingerprint density at radius 3 is 2.60 bits per heavy atom. The number of sulfonamides is 1. The maximum atomic E-state index is 12.7. The quantitative estimate of drug-likeness (QED) is 0.799. The third-order valence-corrected chi connectivity index (χ3v) is 5.79. The van der Waals surface area contributed by atoms with Crippen molar-refractivity contribution in [2.75, 3.05) is 27.2 Å². The Labute approximate surface area is 120 Å². The topological polar surface area (TPSA) is 45.0 Å². The molecule has 0 N–H and O–H groups in total. The van der Waals surface area contributed by atoms with Crippen LogP contribution in [0.4, 0.5) is 5.69 Å². The fourth-order valence-electron chi connectivity index (χ4n) is 2.48. The zero-order valence-corrected chi connectivity index (χ0v) is 12.8. The molecule has 1 heterocycles. The van der Waals surface area contributed by atoms with Gasteiger partial charge in [-0.2, -0.15) is 4.31 Å². The van der Waals surface area contributed by atoms with Crippen LogP contribution in [0.2, 0.25) is 0 Å². The molecule has 0 saturated carbocycles. The molecule has 0 spiro atoms. The predicted molar refractivity (Wildman–Crippen MR) is 78.3 cm³/mol. The largest absolute Gasteiger partial charge is 0.305 e. The van der Waals surface area contributed by atoms with Crippen molar-refractivity contribution in [2.24, 2.45) is 0 Å². The summed E-state index contributed by atoms with van der Waals surface area (Å²) in [6.07, 6.45) is 0.853. The van der Waals surface area contributed by atoms with E-state index < -0.39 is 10.0 Å². The minimum atomic E-state index is -3.46. The first-order chi connectivity index (χ1) is 9.36. The van der Waals surface area contributed by atoms with Crippen LogP contribution in [0.15, 0.2) is 23.1 Å². The van der Waals surface area contributed by atoms with E-state index in [1.165, 1.54) is 4.31 Å². The van der Waals surface area contributed by atoms with Gasteiger partial charge in [-0.3, -0.25) is 0 Å². The molecule has 0 aromatic heterocycles. The average Bonchev–Trinajstić information content (AvgIpc) is 2.88. The molecule has 0 amide bonds. The van der Waals surface area contributed by atoms with E-state index >= 15 is 0 Å². The minimum absolute atomic E-state index is 0.271. The molecule has 108 valence electrons. The highest BCUT2D eigenvalue weighted by molar-refractivity contribution is 7.89. The summed E-state index contributed by atoms with van der Waals surface area (Å²) >= 11 is 0. The van der Waals surface area contributed by atoms with E-state index in [2.05, 4.69) is 9.74 Å². The lowest BCUT2D eigenvalue weighted by molar-refractivity contribution is 0.302. The molecule has 20 heavy (non-hydrogen) atoms. The van der Waals surface area contributed by atoms with Gasteiger partial charge >= 0.3 is 0 Å². The van der Waals surface area contributed by atoms with Crippen molar-refractivity contribution >= 4 is 15.7 Å². The average molecular weight is 293 g/mol. The Balaban J connectivity index is 2.30. The van der Waals surface area contributed by atoms with Crippen LogP contribution in [0.3, 0.4) is 0 Å². The molecule has 0 radical (unpaired) electrons. The van der Waals surface area contributed by atoms with E-state index in [0.29, 0.717) is 29.2 Å². The summed E-state index contributed by atoms with van der Waals surface area (Å²) in [7, 11) is 0.481. The van der Waals surface area contributed by atoms with E-state index in [4.69, 9.17) is 6.57 Å². The van der Waals surface area contributed by atoms with Gasteiger partial charge in [0.15, 0.2) is 5.69 Å². The second kappa shape index (κ2) is 5.52. The molecule has 6 heteroatoms. The summed E-state index contributed by atoms with van der Waals surface area (Å²) < 4.78 is 26.8. The molecule has 1 aliphatic rings. The van der Waals surface area contributed by atoms with Gasteiger partial charge in [0.25, 0.3) is 0 Å². The number of hydrogen-bond acceptors (Lipinski definition) is 3. The van der Waals surface area contributed by atoms with Crippen LogP contribution in [0.1, 0.15) is 12.0 Å². The normalized spacial score (nSPS) is 20.2. The number of nitrogens with zero attached hydrogens (tertiary/aromatic N) is 3. The first-order valence-electron chi connectivity index (χ1n) is 6.51. The summed E-state index contributed by atoms with van der Waals surface area (Å²) in [5, 5.41) is 0. The van der Waals surface area contributed by atoms with Gasteiger partial charge in [0.1, 0.15) is 0 Å². The standard InChI is InChI=1S/C14H19N3O2S/c1-11-9-12(15-2)5-6-14(11)20(18,19)17-8-7-13(10-17)16(3)4/h5-6,9,13H,7-8,10H2,1,3-4H3/t13-/m1/s1. The molecule has 1 aromatic carbocycles. The third-order valence-electron chi connectivity index (χ3n) is 3.76. The predicted octanol–water partition coefficient (Wildman–Crippen LogP) is 1.87. The molecule has 2 rings (SSSR count). The smallest absolute Gasteiger partial charge is 0.243 e. The Bertz CT molecular complexity index is 647. The highest BCUT2D eigenvalue weighted by Crippen LogP contribution is 2.27. The lowest BCUT2D eigenvalue weighted by Crippen LogP contribution is -2.34. The number of benzene rings is 1. The van der Waals surface area contributed by atoms with Crippen molar-refractivity contribution in [2.45, 2.75) is 24.3 Å². The van der Waals surface area contributed by atoms with Crippen molar-refractivity contribution in [1.29, 1.82) is 0 Å². The van der Waals surface area contributed by atoms with E-state index in [1.807, 2.05) is 14.1 Å². The van der Waals surface area contributed by atoms with Gasteiger partial charge < -0.3 is 4.90 Å². The molecule has 1 atom stereocenters. The molecule has 0 unspecified atom stereocenters. The SMILES string of the molecule is [C-]#[N+]c1ccc(S(=O)(=O)N2CC[C@@H](N(C)C)C2)c(C)c1. The van der Waals surface area contributed by atoms with Gasteiger partial charge in [-0.05, 0) is 33.0 Å². The van der Waals surface area contributed by atoms with E-state index in [9.17, 15) is 8.42 Å². The summed E-state index contributed by atoms with van der Waals surface area (Å²) in [5.74, 6) is 0. The molecule has 0 aliphatic carbocycles. The third kappa shape index (κ3) is 2.70. The van der Waals surface area contributed by atoms with Gasteiger partial charge in [-0.1, -0.05) is 18.2 Å². The zero-order chi connectivity index (χ0) is 14.9. The van der Waals surface area contributed by atoms with Gasteiger partial charge in [-0.15, -0.1) is 0 Å². The van der Waals surface area contributed by atoms with Gasteiger partial charge in [0.2, 0.25) is 10.0 Å². The van der Waals surface area contributed by atoms with Crippen LogP contribution in [-0.2, 0) is 10.0 Å². The van der Waals surface area contributed by atoms with Crippen molar-refractivity contribution < 1.29 is 8.42 Å². The summed E-state index contributed by atoms with van der Waals surface area (Å²) in [6.45, 7) is 9.78. The van der Waals surface area contributed by atoms with E-state index in [1.54, 1.807) is 25.1 Å². The zero-order valence-electron chi connectivity index (χ0n) is 12.0. The van der Waals surface area contributed by atoms with Crippen molar-refractivity contribution in [1.82, 2.24) is 9.21 Å². The Morgan fingerprint density at radius 2 is 2.10 bits per heavy atom. The van der Waals surface area contributed by atoms with Crippen LogP contribution in [0.25, 0.3) is 4.85 Å². The molecular weight excluding hydrogens is 274 g/mol. The molecule has 1 fully saturated rings. The van der Waals surface area contributed by atoms with E-state index in [-0.39, 0.29) is 6.04 Å². The number of aryl methyl sites for hydroxylation is 1. The number of likely N-dealkylation sites (N-methyl/N-ethyl adjacent to an activating group) is 1. The fourth-order valence-corrected chi connectivity index (χ4v) is 4.18. The molecule has 1 aromatic rings.